The van der Waals surface area contributed by atoms with Crippen molar-refractivity contribution >= 4 is 44.8 Å². The van der Waals surface area contributed by atoms with Crippen LogP contribution in [0.1, 0.15) is 16.1 Å². The fraction of sp³-hybridized carbons (Fsp3) is 0.100. The molecule has 0 spiro atoms. The number of aromatic nitrogens is 1. The molecule has 0 atom stereocenters. The van der Waals surface area contributed by atoms with E-state index in [4.69, 9.17) is 23.2 Å². The molecular formula is C20H17Cl2N3O3S. The van der Waals surface area contributed by atoms with Crippen molar-refractivity contribution in [2.75, 3.05) is 11.4 Å². The molecule has 0 bridgehead atoms. The molecule has 9 heteroatoms. The molecule has 3 aromatic rings. The van der Waals surface area contributed by atoms with Gasteiger partial charge in [0.1, 0.15) is 4.90 Å². The van der Waals surface area contributed by atoms with E-state index in [1.165, 1.54) is 25.2 Å². The maximum atomic E-state index is 13.1. The number of amides is 1. The van der Waals surface area contributed by atoms with Crippen molar-refractivity contribution in [1.82, 2.24) is 10.3 Å². The van der Waals surface area contributed by atoms with Gasteiger partial charge in [-0.05, 0) is 54.6 Å². The zero-order chi connectivity index (χ0) is 21.0. The Kier molecular flexibility index (Phi) is 6.42. The number of nitrogens with zero attached hydrogens (tertiary/aromatic N) is 2. The molecule has 29 heavy (non-hydrogen) atoms. The molecule has 2 aromatic carbocycles. The molecule has 3 rings (SSSR count). The first-order valence-corrected chi connectivity index (χ1v) is 10.7. The first kappa shape index (κ1) is 21.1. The summed E-state index contributed by atoms with van der Waals surface area (Å²) in [5.41, 5.74) is 1.27. The van der Waals surface area contributed by atoms with Gasteiger partial charge in [-0.25, -0.2) is 8.42 Å². The van der Waals surface area contributed by atoms with E-state index in [0.29, 0.717) is 16.4 Å². The number of halogens is 2. The van der Waals surface area contributed by atoms with Crippen molar-refractivity contribution < 1.29 is 13.2 Å². The van der Waals surface area contributed by atoms with Gasteiger partial charge in [-0.15, -0.1) is 0 Å². The van der Waals surface area contributed by atoms with Gasteiger partial charge in [0, 0.05) is 23.8 Å². The van der Waals surface area contributed by atoms with Gasteiger partial charge in [-0.1, -0.05) is 29.3 Å². The molecule has 0 aliphatic heterocycles. The molecular weight excluding hydrogens is 433 g/mol. The van der Waals surface area contributed by atoms with Gasteiger partial charge >= 0.3 is 0 Å². The van der Waals surface area contributed by atoms with E-state index in [9.17, 15) is 13.2 Å². The second kappa shape index (κ2) is 8.82. The lowest BCUT2D eigenvalue weighted by molar-refractivity contribution is 0.0950. The summed E-state index contributed by atoms with van der Waals surface area (Å²) in [6.45, 7) is 0.217. The number of hydrogen-bond acceptors (Lipinski definition) is 4. The maximum absolute atomic E-state index is 13.1. The van der Waals surface area contributed by atoms with Crippen molar-refractivity contribution in [3.63, 3.8) is 0 Å². The summed E-state index contributed by atoms with van der Waals surface area (Å²) >= 11 is 12.0. The Labute approximate surface area is 179 Å². The van der Waals surface area contributed by atoms with E-state index in [2.05, 4.69) is 10.3 Å². The average molecular weight is 450 g/mol. The minimum atomic E-state index is -3.99. The van der Waals surface area contributed by atoms with Crippen LogP contribution < -0.4 is 9.62 Å². The second-order valence-electron chi connectivity index (χ2n) is 6.10. The third-order valence-corrected chi connectivity index (χ3v) is 6.70. The Bertz CT molecular complexity index is 1120. The van der Waals surface area contributed by atoms with Crippen LogP contribution in [0, 0.1) is 0 Å². The zero-order valence-corrected chi connectivity index (χ0v) is 17.7. The van der Waals surface area contributed by atoms with Crippen molar-refractivity contribution in [1.29, 1.82) is 0 Å². The Morgan fingerprint density at radius 2 is 1.79 bits per heavy atom. The average Bonchev–Trinajstić information content (AvgIpc) is 2.73. The second-order valence-corrected chi connectivity index (χ2v) is 8.88. The summed E-state index contributed by atoms with van der Waals surface area (Å²) in [7, 11) is -2.59. The quantitative estimate of drug-likeness (QED) is 0.612. The van der Waals surface area contributed by atoms with E-state index in [1.54, 1.807) is 42.6 Å². The van der Waals surface area contributed by atoms with Gasteiger partial charge in [-0.2, -0.15) is 0 Å². The van der Waals surface area contributed by atoms with Crippen LogP contribution in [-0.2, 0) is 16.6 Å². The molecule has 150 valence electrons. The van der Waals surface area contributed by atoms with Gasteiger partial charge in [0.15, 0.2) is 0 Å². The predicted molar refractivity (Wildman–Crippen MR) is 114 cm³/mol. The molecule has 0 aliphatic rings. The Hall–Kier alpha value is -2.61. The van der Waals surface area contributed by atoms with Crippen LogP contribution in [0.3, 0.4) is 0 Å². The minimum absolute atomic E-state index is 0.0205. The fourth-order valence-electron chi connectivity index (χ4n) is 2.56. The van der Waals surface area contributed by atoms with Gasteiger partial charge in [-0.3, -0.25) is 14.1 Å². The molecule has 0 saturated heterocycles. The molecule has 1 aromatic heterocycles. The summed E-state index contributed by atoms with van der Waals surface area (Å²) in [5, 5.41) is 3.22. The highest BCUT2D eigenvalue weighted by Crippen LogP contribution is 2.29. The molecule has 0 aliphatic carbocycles. The van der Waals surface area contributed by atoms with Crippen LogP contribution in [0.5, 0.6) is 0 Å². The van der Waals surface area contributed by atoms with Crippen LogP contribution in [0.15, 0.2) is 71.8 Å². The normalized spacial score (nSPS) is 11.1. The van der Waals surface area contributed by atoms with E-state index in [-0.39, 0.29) is 22.0 Å². The maximum Gasteiger partial charge on any atom is 0.265 e. The first-order chi connectivity index (χ1) is 13.8. The standard InChI is InChI=1S/C20H17Cl2N3O3S/c1-25(17-8-6-15(21)7-9-17)29(27,28)19-12-14(5-10-18(19)22)20(26)24-13-16-4-2-3-11-23-16/h2-12H,13H2,1H3,(H,24,26). The van der Waals surface area contributed by atoms with Crippen LogP contribution in [0.4, 0.5) is 5.69 Å². The number of carbonyl (C=O) groups is 1. The largest absolute Gasteiger partial charge is 0.346 e. The van der Waals surface area contributed by atoms with E-state index in [0.717, 1.165) is 4.31 Å². The third-order valence-electron chi connectivity index (χ3n) is 4.18. The Morgan fingerprint density at radius 1 is 1.07 bits per heavy atom. The fourth-order valence-corrected chi connectivity index (χ4v) is 4.38. The van der Waals surface area contributed by atoms with E-state index in [1.807, 2.05) is 6.07 Å². The molecule has 1 heterocycles. The number of sulfonamides is 1. The molecule has 0 unspecified atom stereocenters. The van der Waals surface area contributed by atoms with Gasteiger partial charge in [0.25, 0.3) is 15.9 Å². The first-order valence-electron chi connectivity index (χ1n) is 8.51. The van der Waals surface area contributed by atoms with Crippen molar-refractivity contribution in [3.8, 4) is 0 Å². The molecule has 6 nitrogen and oxygen atoms in total. The lowest BCUT2D eigenvalue weighted by Crippen LogP contribution is -2.28. The lowest BCUT2D eigenvalue weighted by atomic mass is 10.2. The summed E-state index contributed by atoms with van der Waals surface area (Å²) in [4.78, 5) is 16.4. The molecule has 0 radical (unpaired) electrons. The SMILES string of the molecule is CN(c1ccc(Cl)cc1)S(=O)(=O)c1cc(C(=O)NCc2ccccn2)ccc1Cl. The molecule has 0 fully saturated rings. The summed E-state index contributed by atoms with van der Waals surface area (Å²) in [6.07, 6.45) is 1.63. The topological polar surface area (TPSA) is 79.4 Å². The number of rotatable bonds is 6. The minimum Gasteiger partial charge on any atom is -0.346 e. The van der Waals surface area contributed by atoms with Gasteiger partial charge < -0.3 is 5.32 Å². The van der Waals surface area contributed by atoms with Gasteiger partial charge in [0.2, 0.25) is 0 Å². The summed E-state index contributed by atoms with van der Waals surface area (Å²) in [6, 6.07) is 15.8. The smallest absolute Gasteiger partial charge is 0.265 e. The van der Waals surface area contributed by atoms with Crippen molar-refractivity contribution in [3.05, 3.63) is 88.2 Å². The summed E-state index contributed by atoms with van der Waals surface area (Å²) < 4.78 is 27.2. The Balaban J connectivity index is 1.85. The lowest BCUT2D eigenvalue weighted by Gasteiger charge is -2.20. The predicted octanol–water partition coefficient (Wildman–Crippen LogP) is 4.14. The molecule has 1 amide bonds. The monoisotopic (exact) mass is 449 g/mol. The van der Waals surface area contributed by atoms with Crippen molar-refractivity contribution in [2.45, 2.75) is 11.4 Å². The van der Waals surface area contributed by atoms with Gasteiger partial charge in [0.05, 0.1) is 22.9 Å². The number of nitrogens with one attached hydrogen (secondary N) is 1. The van der Waals surface area contributed by atoms with Crippen LogP contribution in [0.2, 0.25) is 10.0 Å². The Morgan fingerprint density at radius 3 is 2.45 bits per heavy atom. The number of anilines is 1. The van der Waals surface area contributed by atoms with Crippen LogP contribution in [-0.4, -0.2) is 26.4 Å². The third kappa shape index (κ3) is 4.87. The van der Waals surface area contributed by atoms with Crippen LogP contribution in [0.25, 0.3) is 0 Å². The number of hydrogen-bond donors (Lipinski definition) is 1. The number of carbonyl (C=O) groups excluding carboxylic acids is 1. The van der Waals surface area contributed by atoms with E-state index >= 15 is 0 Å². The van der Waals surface area contributed by atoms with E-state index < -0.39 is 15.9 Å². The highest BCUT2D eigenvalue weighted by atomic mass is 35.5. The number of benzene rings is 2. The van der Waals surface area contributed by atoms with Crippen LogP contribution >= 0.6 is 23.2 Å². The number of pyridine rings is 1. The molecule has 0 saturated carbocycles. The molecule has 1 N–H and O–H groups in total. The van der Waals surface area contributed by atoms with Crippen molar-refractivity contribution in [2.24, 2.45) is 0 Å². The highest BCUT2D eigenvalue weighted by molar-refractivity contribution is 7.93. The summed E-state index contributed by atoms with van der Waals surface area (Å²) in [5.74, 6) is -0.432. The zero-order valence-electron chi connectivity index (χ0n) is 15.3. The highest BCUT2D eigenvalue weighted by Gasteiger charge is 2.25.